The first kappa shape index (κ1) is 12.0. The first-order valence-corrected chi connectivity index (χ1v) is 5.95. The van der Waals surface area contributed by atoms with Crippen molar-refractivity contribution in [2.75, 3.05) is 13.1 Å². The Kier molecular flexibility index (Phi) is 3.96. The molecular formula is C12H25NO. The van der Waals surface area contributed by atoms with Crippen LogP contribution in [0.25, 0.3) is 0 Å². The van der Waals surface area contributed by atoms with E-state index in [1.54, 1.807) is 0 Å². The van der Waals surface area contributed by atoms with Gasteiger partial charge in [-0.3, -0.25) is 0 Å². The lowest BCUT2D eigenvalue weighted by molar-refractivity contribution is -0.0939. The van der Waals surface area contributed by atoms with Crippen LogP contribution >= 0.6 is 0 Å². The highest BCUT2D eigenvalue weighted by Gasteiger charge is 2.44. The van der Waals surface area contributed by atoms with E-state index < -0.39 is 5.60 Å². The summed E-state index contributed by atoms with van der Waals surface area (Å²) in [6.07, 6.45) is 5.68. The maximum atomic E-state index is 10.6. The number of hydrogen-bond acceptors (Lipinski definition) is 2. The average Bonchev–Trinajstić information content (AvgIpc) is 2.11. The van der Waals surface area contributed by atoms with Gasteiger partial charge in [0, 0.05) is 6.54 Å². The first-order valence-electron chi connectivity index (χ1n) is 5.95. The lowest BCUT2D eigenvalue weighted by Gasteiger charge is -2.46. The predicted octanol–water partition coefficient (Wildman–Crippen LogP) is 2.32. The average molecular weight is 199 g/mol. The summed E-state index contributed by atoms with van der Waals surface area (Å²) < 4.78 is 0. The van der Waals surface area contributed by atoms with Crippen molar-refractivity contribution in [3.05, 3.63) is 0 Å². The zero-order valence-electron chi connectivity index (χ0n) is 9.90. The number of aliphatic hydroxyl groups is 1. The molecule has 84 valence electrons. The summed E-state index contributed by atoms with van der Waals surface area (Å²) in [6.45, 7) is 8.31. The molecule has 1 aliphatic carbocycles. The third-order valence-corrected chi connectivity index (χ3v) is 3.75. The van der Waals surface area contributed by atoms with E-state index in [0.29, 0.717) is 0 Å². The largest absolute Gasteiger partial charge is 0.388 e. The van der Waals surface area contributed by atoms with Crippen LogP contribution in [0.1, 0.15) is 52.9 Å². The van der Waals surface area contributed by atoms with E-state index in [-0.39, 0.29) is 5.41 Å². The van der Waals surface area contributed by atoms with E-state index in [0.717, 1.165) is 32.4 Å². The van der Waals surface area contributed by atoms with Crippen LogP contribution in [-0.4, -0.2) is 23.8 Å². The SMILES string of the molecule is CCCNCC1(O)CCCCC1(C)C. The zero-order chi connectivity index (χ0) is 10.7. The quantitative estimate of drug-likeness (QED) is 0.681. The minimum atomic E-state index is -0.486. The highest BCUT2D eigenvalue weighted by Crippen LogP contribution is 2.43. The molecule has 1 aliphatic rings. The standard InChI is InChI=1S/C12H25NO/c1-4-9-13-10-12(14)8-6-5-7-11(12,2)3/h13-14H,4-10H2,1-3H3. The molecule has 0 aliphatic heterocycles. The maximum Gasteiger partial charge on any atom is 0.0822 e. The molecule has 0 aromatic carbocycles. The molecule has 1 unspecified atom stereocenters. The molecule has 0 amide bonds. The Morgan fingerprint density at radius 3 is 2.43 bits per heavy atom. The highest BCUT2D eigenvalue weighted by molar-refractivity contribution is 4.97. The molecule has 14 heavy (non-hydrogen) atoms. The first-order chi connectivity index (χ1) is 6.52. The number of nitrogens with one attached hydrogen (secondary N) is 1. The second-order valence-electron chi connectivity index (χ2n) is 5.30. The van der Waals surface area contributed by atoms with Gasteiger partial charge >= 0.3 is 0 Å². The summed E-state index contributed by atoms with van der Waals surface area (Å²) in [5, 5.41) is 13.9. The number of hydrogen-bond donors (Lipinski definition) is 2. The van der Waals surface area contributed by atoms with Gasteiger partial charge in [0.25, 0.3) is 0 Å². The van der Waals surface area contributed by atoms with Gasteiger partial charge in [-0.05, 0) is 31.2 Å². The fraction of sp³-hybridized carbons (Fsp3) is 1.00. The second kappa shape index (κ2) is 4.63. The lowest BCUT2D eigenvalue weighted by atomic mass is 9.65. The third kappa shape index (κ3) is 2.48. The summed E-state index contributed by atoms with van der Waals surface area (Å²) in [5.41, 5.74) is -0.410. The minimum absolute atomic E-state index is 0.0754. The molecule has 1 saturated carbocycles. The van der Waals surface area contributed by atoms with Gasteiger partial charge < -0.3 is 10.4 Å². The van der Waals surface area contributed by atoms with Crippen LogP contribution in [0.2, 0.25) is 0 Å². The van der Waals surface area contributed by atoms with Crippen molar-refractivity contribution in [1.82, 2.24) is 5.32 Å². The van der Waals surface area contributed by atoms with E-state index in [2.05, 4.69) is 26.1 Å². The fourth-order valence-electron chi connectivity index (χ4n) is 2.36. The van der Waals surface area contributed by atoms with Gasteiger partial charge in [0.05, 0.1) is 5.60 Å². The van der Waals surface area contributed by atoms with Crippen molar-refractivity contribution >= 4 is 0 Å². The molecular weight excluding hydrogens is 174 g/mol. The molecule has 0 aromatic rings. The van der Waals surface area contributed by atoms with Gasteiger partial charge in [-0.2, -0.15) is 0 Å². The van der Waals surface area contributed by atoms with Crippen LogP contribution in [0.15, 0.2) is 0 Å². The molecule has 0 spiro atoms. The number of rotatable bonds is 4. The smallest absolute Gasteiger partial charge is 0.0822 e. The van der Waals surface area contributed by atoms with Crippen molar-refractivity contribution in [2.24, 2.45) is 5.41 Å². The highest BCUT2D eigenvalue weighted by atomic mass is 16.3. The summed E-state index contributed by atoms with van der Waals surface area (Å²) in [4.78, 5) is 0. The van der Waals surface area contributed by atoms with Crippen LogP contribution < -0.4 is 5.32 Å². The van der Waals surface area contributed by atoms with Gasteiger partial charge in [-0.15, -0.1) is 0 Å². The molecule has 0 saturated heterocycles. The Morgan fingerprint density at radius 2 is 1.86 bits per heavy atom. The van der Waals surface area contributed by atoms with Crippen molar-refractivity contribution in [3.8, 4) is 0 Å². The molecule has 1 atom stereocenters. The lowest BCUT2D eigenvalue weighted by Crippen LogP contribution is -2.53. The van der Waals surface area contributed by atoms with Gasteiger partial charge in [0.2, 0.25) is 0 Å². The molecule has 2 N–H and O–H groups in total. The van der Waals surface area contributed by atoms with E-state index in [1.165, 1.54) is 12.8 Å². The Hall–Kier alpha value is -0.0800. The van der Waals surface area contributed by atoms with Crippen LogP contribution in [-0.2, 0) is 0 Å². The van der Waals surface area contributed by atoms with Gasteiger partial charge in [0.15, 0.2) is 0 Å². The van der Waals surface area contributed by atoms with Crippen molar-refractivity contribution in [1.29, 1.82) is 0 Å². The van der Waals surface area contributed by atoms with E-state index in [9.17, 15) is 5.11 Å². The van der Waals surface area contributed by atoms with Crippen LogP contribution in [0, 0.1) is 5.41 Å². The molecule has 2 heteroatoms. The third-order valence-electron chi connectivity index (χ3n) is 3.75. The zero-order valence-corrected chi connectivity index (χ0v) is 9.90. The maximum absolute atomic E-state index is 10.6. The topological polar surface area (TPSA) is 32.3 Å². The van der Waals surface area contributed by atoms with Crippen LogP contribution in [0.5, 0.6) is 0 Å². The van der Waals surface area contributed by atoms with Gasteiger partial charge in [-0.25, -0.2) is 0 Å². The molecule has 1 rings (SSSR count). The normalized spacial score (nSPS) is 31.7. The van der Waals surface area contributed by atoms with Gasteiger partial charge in [-0.1, -0.05) is 33.6 Å². The van der Waals surface area contributed by atoms with Crippen molar-refractivity contribution < 1.29 is 5.11 Å². The van der Waals surface area contributed by atoms with E-state index in [4.69, 9.17) is 0 Å². The summed E-state index contributed by atoms with van der Waals surface area (Å²) in [7, 11) is 0. The Morgan fingerprint density at radius 1 is 1.21 bits per heavy atom. The molecule has 2 nitrogen and oxygen atoms in total. The fourth-order valence-corrected chi connectivity index (χ4v) is 2.36. The van der Waals surface area contributed by atoms with Gasteiger partial charge in [0.1, 0.15) is 0 Å². The van der Waals surface area contributed by atoms with E-state index >= 15 is 0 Å². The Balaban J connectivity index is 2.51. The summed E-state index contributed by atoms with van der Waals surface area (Å²) >= 11 is 0. The molecule has 0 bridgehead atoms. The van der Waals surface area contributed by atoms with E-state index in [1.807, 2.05) is 0 Å². The summed E-state index contributed by atoms with van der Waals surface area (Å²) in [5.74, 6) is 0. The predicted molar refractivity (Wildman–Crippen MR) is 60.4 cm³/mol. The Labute approximate surface area is 88.1 Å². The van der Waals surface area contributed by atoms with Crippen LogP contribution in [0.4, 0.5) is 0 Å². The molecule has 0 aromatic heterocycles. The van der Waals surface area contributed by atoms with Crippen molar-refractivity contribution in [2.45, 2.75) is 58.5 Å². The Bertz CT molecular complexity index is 179. The van der Waals surface area contributed by atoms with Crippen molar-refractivity contribution in [3.63, 3.8) is 0 Å². The summed E-state index contributed by atoms with van der Waals surface area (Å²) in [6, 6.07) is 0. The molecule has 0 radical (unpaired) electrons. The molecule has 1 fully saturated rings. The second-order valence-corrected chi connectivity index (χ2v) is 5.30. The monoisotopic (exact) mass is 199 g/mol. The van der Waals surface area contributed by atoms with Crippen LogP contribution in [0.3, 0.4) is 0 Å². The minimum Gasteiger partial charge on any atom is -0.388 e. The molecule has 0 heterocycles.